The fraction of sp³-hybridized carbons (Fsp3) is 0.360. The Morgan fingerprint density at radius 2 is 2.08 bits per heavy atom. The molecule has 3 heterocycles. The van der Waals surface area contributed by atoms with Crippen molar-refractivity contribution in [2.24, 2.45) is 0 Å². The first kappa shape index (κ1) is 25.8. The highest BCUT2D eigenvalue weighted by Crippen LogP contribution is 2.42. The van der Waals surface area contributed by atoms with Crippen LogP contribution in [-0.2, 0) is 12.6 Å². The van der Waals surface area contributed by atoms with Gasteiger partial charge in [0.25, 0.3) is 0 Å². The van der Waals surface area contributed by atoms with Gasteiger partial charge in [-0.1, -0.05) is 0 Å². The Hall–Kier alpha value is -3.31. The molecule has 2 amide bonds. The Morgan fingerprint density at radius 3 is 2.69 bits per heavy atom. The van der Waals surface area contributed by atoms with Gasteiger partial charge in [0, 0.05) is 36.8 Å². The molecule has 1 aromatic carbocycles. The number of alkyl halides is 3. The van der Waals surface area contributed by atoms with E-state index < -0.39 is 17.8 Å². The molecule has 1 aliphatic rings. The summed E-state index contributed by atoms with van der Waals surface area (Å²) in [7, 11) is 5.20. The fourth-order valence-electron chi connectivity index (χ4n) is 4.00. The summed E-state index contributed by atoms with van der Waals surface area (Å²) in [6.45, 7) is 1.10. The summed E-state index contributed by atoms with van der Waals surface area (Å²) in [4.78, 5) is 20.6. The molecule has 2 aromatic heterocycles. The molecule has 1 N–H and O–H groups in total. The Kier molecular flexibility index (Phi) is 7.70. The van der Waals surface area contributed by atoms with Crippen molar-refractivity contribution in [3.8, 4) is 11.6 Å². The zero-order chi connectivity index (χ0) is 25.9. The number of urea groups is 1. The van der Waals surface area contributed by atoms with Crippen LogP contribution in [0.1, 0.15) is 29.2 Å². The van der Waals surface area contributed by atoms with Gasteiger partial charge in [-0.25, -0.2) is 9.78 Å². The Balaban J connectivity index is 1.45. The lowest BCUT2D eigenvalue weighted by molar-refractivity contribution is -0.138. The molecule has 1 unspecified atom stereocenters. The molecule has 0 saturated heterocycles. The first-order valence-corrected chi connectivity index (χ1v) is 12.3. The number of fused-ring (bicyclic) bond motifs is 1. The van der Waals surface area contributed by atoms with Crippen LogP contribution in [0.15, 0.2) is 47.3 Å². The second kappa shape index (κ2) is 10.8. The Labute approximate surface area is 211 Å². The van der Waals surface area contributed by atoms with E-state index in [0.29, 0.717) is 23.6 Å². The zero-order valence-electron chi connectivity index (χ0n) is 20.1. The monoisotopic (exact) mass is 520 g/mol. The number of ether oxygens (including phenoxy) is 2. The maximum atomic E-state index is 13.5. The average molecular weight is 521 g/mol. The van der Waals surface area contributed by atoms with Crippen LogP contribution in [0.4, 0.5) is 29.3 Å². The van der Waals surface area contributed by atoms with Crippen LogP contribution in [0.3, 0.4) is 0 Å². The summed E-state index contributed by atoms with van der Waals surface area (Å²) in [5, 5.41) is 6.75. The molecular weight excluding hydrogens is 493 g/mol. The number of nitrogens with one attached hydrogen (secondary N) is 1. The molecule has 0 aliphatic carbocycles. The number of carbonyl (C=O) groups excluding carboxylic acids is 1. The van der Waals surface area contributed by atoms with Gasteiger partial charge in [0.15, 0.2) is 0 Å². The lowest BCUT2D eigenvalue weighted by Gasteiger charge is -2.21. The lowest BCUT2D eigenvalue weighted by Crippen LogP contribution is -2.33. The maximum absolute atomic E-state index is 13.5. The number of thiophene rings is 1. The fourth-order valence-corrected chi connectivity index (χ4v) is 4.71. The lowest BCUT2D eigenvalue weighted by atomic mass is 10.1. The van der Waals surface area contributed by atoms with Gasteiger partial charge in [0.1, 0.15) is 11.9 Å². The van der Waals surface area contributed by atoms with E-state index in [2.05, 4.69) is 15.2 Å². The quantitative estimate of drug-likeness (QED) is 0.405. The van der Waals surface area contributed by atoms with Crippen molar-refractivity contribution in [2.75, 3.05) is 44.5 Å². The first-order valence-electron chi connectivity index (χ1n) is 11.3. The molecule has 7 nitrogen and oxygen atoms in total. The van der Waals surface area contributed by atoms with E-state index in [1.54, 1.807) is 23.5 Å². The van der Waals surface area contributed by atoms with E-state index >= 15 is 0 Å². The average Bonchev–Trinajstić information content (AvgIpc) is 3.51. The van der Waals surface area contributed by atoms with Crippen LogP contribution in [0.5, 0.6) is 11.6 Å². The van der Waals surface area contributed by atoms with E-state index in [9.17, 15) is 18.0 Å². The molecule has 0 bridgehead atoms. The molecule has 0 spiro atoms. The van der Waals surface area contributed by atoms with Gasteiger partial charge >= 0.3 is 12.2 Å². The summed E-state index contributed by atoms with van der Waals surface area (Å²) >= 11 is 1.60. The Morgan fingerprint density at radius 1 is 1.28 bits per heavy atom. The first-order chi connectivity index (χ1) is 17.2. The molecule has 3 aromatic rings. The minimum atomic E-state index is -4.60. The van der Waals surface area contributed by atoms with Crippen LogP contribution in [-0.4, -0.2) is 50.2 Å². The number of amides is 2. The van der Waals surface area contributed by atoms with Crippen LogP contribution in [0.25, 0.3) is 0 Å². The van der Waals surface area contributed by atoms with Crippen LogP contribution in [0.2, 0.25) is 0 Å². The van der Waals surface area contributed by atoms with Crippen LogP contribution in [0, 0.1) is 0 Å². The number of hydrogen-bond donors (Lipinski definition) is 1. The zero-order valence-corrected chi connectivity index (χ0v) is 20.9. The van der Waals surface area contributed by atoms with Gasteiger partial charge in [-0.05, 0) is 61.1 Å². The van der Waals surface area contributed by atoms with Crippen molar-refractivity contribution in [1.82, 2.24) is 9.88 Å². The molecule has 192 valence electrons. The molecule has 0 saturated carbocycles. The summed E-state index contributed by atoms with van der Waals surface area (Å²) in [5.74, 6) is 0.158. The summed E-state index contributed by atoms with van der Waals surface area (Å²) in [5.41, 5.74) is 1.40. The highest BCUT2D eigenvalue weighted by atomic mass is 32.1. The van der Waals surface area contributed by atoms with Gasteiger partial charge in [0.2, 0.25) is 5.88 Å². The van der Waals surface area contributed by atoms with E-state index in [0.717, 1.165) is 24.6 Å². The summed E-state index contributed by atoms with van der Waals surface area (Å²) in [6.07, 6.45) is -2.08. The van der Waals surface area contributed by atoms with Crippen molar-refractivity contribution >= 4 is 28.7 Å². The third-order valence-electron chi connectivity index (χ3n) is 5.85. The molecule has 11 heteroatoms. The maximum Gasteiger partial charge on any atom is 0.420 e. The molecule has 4 rings (SSSR count). The Bertz CT molecular complexity index is 1180. The van der Waals surface area contributed by atoms with Crippen molar-refractivity contribution in [3.63, 3.8) is 0 Å². The highest BCUT2D eigenvalue weighted by molar-refractivity contribution is 7.07. The predicted octanol–water partition coefficient (Wildman–Crippen LogP) is 5.84. The minimum absolute atomic E-state index is 0.160. The number of pyridine rings is 1. The third kappa shape index (κ3) is 5.90. The number of nitrogens with zero attached hydrogens (tertiary/aromatic N) is 3. The highest BCUT2D eigenvalue weighted by Gasteiger charge is 2.37. The largest absolute Gasteiger partial charge is 0.496 e. The van der Waals surface area contributed by atoms with E-state index in [4.69, 9.17) is 9.47 Å². The van der Waals surface area contributed by atoms with Crippen LogP contribution < -0.4 is 19.7 Å². The van der Waals surface area contributed by atoms with E-state index in [-0.39, 0.29) is 24.1 Å². The van der Waals surface area contributed by atoms with Gasteiger partial charge in [-0.15, -0.1) is 0 Å². The van der Waals surface area contributed by atoms with Gasteiger partial charge < -0.3 is 19.7 Å². The number of halogens is 3. The molecule has 0 radical (unpaired) electrons. The second-order valence-electron chi connectivity index (χ2n) is 8.65. The molecule has 1 atom stereocenters. The van der Waals surface area contributed by atoms with Crippen molar-refractivity contribution < 1.29 is 27.4 Å². The van der Waals surface area contributed by atoms with Gasteiger partial charge in [0.05, 0.1) is 24.6 Å². The number of hydrogen-bond acceptors (Lipinski definition) is 6. The number of carbonyl (C=O) groups is 1. The number of anilines is 2. The topological polar surface area (TPSA) is 66.9 Å². The van der Waals surface area contributed by atoms with Gasteiger partial charge in [-0.3, -0.25) is 4.90 Å². The predicted molar refractivity (Wildman–Crippen MR) is 133 cm³/mol. The summed E-state index contributed by atoms with van der Waals surface area (Å²) < 4.78 is 51.4. The van der Waals surface area contributed by atoms with Gasteiger partial charge in [-0.2, -0.15) is 24.5 Å². The summed E-state index contributed by atoms with van der Waals surface area (Å²) in [6, 6.07) is 7.11. The number of aromatic nitrogens is 1. The SMILES string of the molecule is COc1cc2c(cc1C(F)(F)F)N(C(=O)Nc1ccc(OC(CCN(C)C)c3ccsc3)nc1)CC2. The van der Waals surface area contributed by atoms with Crippen LogP contribution >= 0.6 is 11.3 Å². The van der Waals surface area contributed by atoms with Crippen molar-refractivity contribution in [3.05, 3.63) is 64.0 Å². The smallest absolute Gasteiger partial charge is 0.420 e. The number of rotatable bonds is 8. The molecule has 1 aliphatic heterocycles. The number of benzene rings is 1. The molecule has 0 fully saturated rings. The number of methoxy groups -OCH3 is 1. The van der Waals surface area contributed by atoms with E-state index in [1.807, 2.05) is 30.9 Å². The van der Waals surface area contributed by atoms with Crippen molar-refractivity contribution in [1.29, 1.82) is 0 Å². The van der Waals surface area contributed by atoms with Crippen molar-refractivity contribution in [2.45, 2.75) is 25.1 Å². The van der Waals surface area contributed by atoms with E-state index in [1.165, 1.54) is 24.3 Å². The second-order valence-corrected chi connectivity index (χ2v) is 9.43. The standard InChI is InChI=1S/C25H27F3N4O3S/c1-31(2)9-7-21(17-8-11-36-15-17)35-23-5-4-18(14-29-23)30-24(33)32-10-6-16-12-22(34-3)19(13-20(16)32)25(26,27)28/h4-5,8,11-15,21H,6-7,9-10H2,1-3H3,(H,30,33). The molecule has 36 heavy (non-hydrogen) atoms. The third-order valence-corrected chi connectivity index (χ3v) is 6.55. The minimum Gasteiger partial charge on any atom is -0.496 e. The molecular formula is C25H27F3N4O3S. The normalized spacial score (nSPS) is 14.0.